The second-order valence-corrected chi connectivity index (χ2v) is 4.03. The van der Waals surface area contributed by atoms with Crippen LogP contribution < -0.4 is 5.73 Å². The number of carbonyl (C=O) groups excluding carboxylic acids is 1. The van der Waals surface area contributed by atoms with Crippen molar-refractivity contribution in [3.8, 4) is 0 Å². The third kappa shape index (κ3) is 9.53. The molecule has 0 aliphatic rings. The van der Waals surface area contributed by atoms with E-state index in [9.17, 15) is 19.2 Å². The van der Waals surface area contributed by atoms with Gasteiger partial charge in [-0.2, -0.15) is 0 Å². The molecule has 0 fully saturated rings. The van der Waals surface area contributed by atoms with Gasteiger partial charge >= 0.3 is 17.9 Å². The quantitative estimate of drug-likeness (QED) is 0.406. The van der Waals surface area contributed by atoms with E-state index < -0.39 is 36.4 Å². The number of aliphatic hydroxyl groups is 1. The molecule has 0 radical (unpaired) electrons. The molecule has 1 amide bonds. The van der Waals surface area contributed by atoms with Gasteiger partial charge in [-0.05, 0) is 0 Å². The van der Waals surface area contributed by atoms with Gasteiger partial charge in [-0.1, -0.05) is 13.8 Å². The van der Waals surface area contributed by atoms with Crippen LogP contribution in [0.15, 0.2) is 0 Å². The fourth-order valence-corrected chi connectivity index (χ4v) is 0.714. The largest absolute Gasteiger partial charge is 0.481 e. The van der Waals surface area contributed by atoms with Crippen LogP contribution in [-0.2, 0) is 19.2 Å². The minimum atomic E-state index is -2.74. The third-order valence-electron chi connectivity index (χ3n) is 1.85. The molecule has 0 aromatic rings. The predicted molar refractivity (Wildman–Crippen MR) is 61.1 cm³/mol. The number of carbonyl (C=O) groups is 4. The van der Waals surface area contributed by atoms with Crippen LogP contribution in [0.4, 0.5) is 0 Å². The average Bonchev–Trinajstić information content (AvgIpc) is 2.14. The van der Waals surface area contributed by atoms with Crippen molar-refractivity contribution in [1.29, 1.82) is 0 Å². The Hall–Kier alpha value is -2.16. The van der Waals surface area contributed by atoms with Gasteiger partial charge in [-0.15, -0.1) is 0 Å². The summed E-state index contributed by atoms with van der Waals surface area (Å²) >= 11 is 0. The number of primary amides is 1. The highest BCUT2D eigenvalue weighted by Crippen LogP contribution is 2.15. The van der Waals surface area contributed by atoms with E-state index in [4.69, 9.17) is 26.2 Å². The van der Waals surface area contributed by atoms with E-state index in [1.54, 1.807) is 13.8 Å². The molecule has 9 nitrogen and oxygen atoms in total. The van der Waals surface area contributed by atoms with Crippen LogP contribution in [0, 0.1) is 5.92 Å². The zero-order chi connectivity index (χ0) is 15.8. The minimum absolute atomic E-state index is 0.00926. The normalized spacial score (nSPS) is 10.3. The van der Waals surface area contributed by atoms with E-state index in [1.165, 1.54) is 0 Å². The van der Waals surface area contributed by atoms with Gasteiger partial charge in [0.05, 0.1) is 12.8 Å². The third-order valence-corrected chi connectivity index (χ3v) is 1.85. The molecule has 0 aromatic carbocycles. The smallest absolute Gasteiger partial charge is 0.336 e. The van der Waals surface area contributed by atoms with Crippen molar-refractivity contribution in [2.75, 3.05) is 0 Å². The lowest BCUT2D eigenvalue weighted by molar-refractivity contribution is -0.170. The zero-order valence-corrected chi connectivity index (χ0v) is 10.5. The Labute approximate surface area is 108 Å². The summed E-state index contributed by atoms with van der Waals surface area (Å²) in [6.07, 6.45) is -2.29. The van der Waals surface area contributed by atoms with Crippen LogP contribution in [0.25, 0.3) is 0 Å². The fourth-order valence-electron chi connectivity index (χ4n) is 0.714. The Balaban J connectivity index is 0. The number of rotatable bonds is 6. The number of nitrogens with two attached hydrogens (primary N) is 1. The number of hydrogen-bond donors (Lipinski definition) is 5. The van der Waals surface area contributed by atoms with Crippen molar-refractivity contribution >= 4 is 23.8 Å². The first-order valence-corrected chi connectivity index (χ1v) is 5.11. The summed E-state index contributed by atoms with van der Waals surface area (Å²) in [4.78, 5) is 40.4. The molecular formula is C10H17NO8. The van der Waals surface area contributed by atoms with Crippen molar-refractivity contribution in [2.24, 2.45) is 11.7 Å². The summed E-state index contributed by atoms with van der Waals surface area (Å²) < 4.78 is 0. The molecule has 0 bridgehead atoms. The first kappa shape index (κ1) is 19.2. The van der Waals surface area contributed by atoms with E-state index in [-0.39, 0.29) is 11.8 Å². The maximum atomic E-state index is 10.3. The summed E-state index contributed by atoms with van der Waals surface area (Å²) in [5, 5.41) is 33.8. The molecule has 0 spiro atoms. The molecule has 0 heterocycles. The number of carboxylic acid groups (broad SMARTS) is 3. The van der Waals surface area contributed by atoms with Crippen LogP contribution in [-0.4, -0.2) is 49.8 Å². The Morgan fingerprint density at radius 2 is 1.26 bits per heavy atom. The SMILES string of the molecule is CC(C)C(N)=O.O=C(O)CC(O)(CC(=O)O)C(=O)O. The van der Waals surface area contributed by atoms with Crippen LogP contribution in [0.5, 0.6) is 0 Å². The van der Waals surface area contributed by atoms with Crippen molar-refractivity contribution in [2.45, 2.75) is 32.3 Å². The highest BCUT2D eigenvalue weighted by molar-refractivity contribution is 5.88. The van der Waals surface area contributed by atoms with Gasteiger partial charge in [-0.25, -0.2) is 4.79 Å². The Kier molecular flexibility index (Phi) is 8.11. The second-order valence-electron chi connectivity index (χ2n) is 4.03. The van der Waals surface area contributed by atoms with Gasteiger partial charge in [0.1, 0.15) is 0 Å². The summed E-state index contributed by atoms with van der Waals surface area (Å²) in [5.41, 5.74) is 2.06. The van der Waals surface area contributed by atoms with Crippen LogP contribution in [0.2, 0.25) is 0 Å². The van der Waals surface area contributed by atoms with E-state index in [1.807, 2.05) is 0 Å². The maximum absolute atomic E-state index is 10.3. The second kappa shape index (κ2) is 8.03. The summed E-state index contributed by atoms with van der Waals surface area (Å²) in [5.74, 6) is -5.27. The first-order valence-electron chi connectivity index (χ1n) is 5.11. The van der Waals surface area contributed by atoms with Crippen molar-refractivity contribution in [1.82, 2.24) is 0 Å². The molecule has 9 heteroatoms. The molecule has 0 atom stereocenters. The molecular weight excluding hydrogens is 262 g/mol. The molecule has 6 N–H and O–H groups in total. The summed E-state index contributed by atoms with van der Waals surface area (Å²) in [6.45, 7) is 3.53. The van der Waals surface area contributed by atoms with E-state index in [2.05, 4.69) is 0 Å². The number of carboxylic acids is 3. The molecule has 0 aliphatic heterocycles. The van der Waals surface area contributed by atoms with Gasteiger partial charge in [0.15, 0.2) is 5.60 Å². The monoisotopic (exact) mass is 279 g/mol. The molecule has 0 unspecified atom stereocenters. The number of hydrogen-bond acceptors (Lipinski definition) is 5. The molecule has 0 saturated heterocycles. The van der Waals surface area contributed by atoms with Crippen LogP contribution >= 0.6 is 0 Å². The standard InChI is InChI=1S/C6H8O7.C4H9NO/c7-3(8)1-6(13,5(11)12)2-4(9)10;1-3(2)4(5)6/h13H,1-2H2,(H,7,8)(H,9,10)(H,11,12);3H,1-2H3,(H2,5,6). The lowest BCUT2D eigenvalue weighted by Gasteiger charge is -2.18. The van der Waals surface area contributed by atoms with Crippen LogP contribution in [0.1, 0.15) is 26.7 Å². The minimum Gasteiger partial charge on any atom is -0.481 e. The van der Waals surface area contributed by atoms with Crippen molar-refractivity contribution in [3.05, 3.63) is 0 Å². The number of aliphatic carboxylic acids is 3. The zero-order valence-electron chi connectivity index (χ0n) is 10.5. The Morgan fingerprint density at radius 3 is 1.37 bits per heavy atom. The van der Waals surface area contributed by atoms with E-state index in [0.717, 1.165) is 0 Å². The van der Waals surface area contributed by atoms with Crippen molar-refractivity contribution in [3.63, 3.8) is 0 Å². The average molecular weight is 279 g/mol. The van der Waals surface area contributed by atoms with Gasteiger partial charge < -0.3 is 26.2 Å². The lowest BCUT2D eigenvalue weighted by Crippen LogP contribution is -2.42. The molecule has 110 valence electrons. The Bertz CT molecular complexity index is 347. The fraction of sp³-hybridized carbons (Fsp3) is 0.600. The molecule has 0 rings (SSSR count). The highest BCUT2D eigenvalue weighted by atomic mass is 16.4. The van der Waals surface area contributed by atoms with E-state index >= 15 is 0 Å². The highest BCUT2D eigenvalue weighted by Gasteiger charge is 2.40. The van der Waals surface area contributed by atoms with E-state index in [0.29, 0.717) is 0 Å². The maximum Gasteiger partial charge on any atom is 0.336 e. The molecule has 0 aromatic heterocycles. The molecule has 19 heavy (non-hydrogen) atoms. The predicted octanol–water partition coefficient (Wildman–Crippen LogP) is -1.12. The van der Waals surface area contributed by atoms with Crippen molar-refractivity contribution < 1.29 is 39.6 Å². The van der Waals surface area contributed by atoms with Gasteiger partial charge in [0.2, 0.25) is 5.91 Å². The molecule has 0 aliphatic carbocycles. The van der Waals surface area contributed by atoms with Gasteiger partial charge in [-0.3, -0.25) is 14.4 Å². The first-order chi connectivity index (χ1) is 8.42. The Morgan fingerprint density at radius 1 is 1.00 bits per heavy atom. The van der Waals surface area contributed by atoms with Crippen LogP contribution in [0.3, 0.4) is 0 Å². The van der Waals surface area contributed by atoms with Gasteiger partial charge in [0.25, 0.3) is 0 Å². The lowest BCUT2D eigenvalue weighted by atomic mass is 9.96. The molecule has 0 saturated carbocycles. The summed E-state index contributed by atoms with van der Waals surface area (Å²) in [7, 11) is 0. The van der Waals surface area contributed by atoms with Gasteiger partial charge in [0, 0.05) is 5.92 Å². The summed E-state index contributed by atoms with van der Waals surface area (Å²) in [6, 6.07) is 0. The topological polar surface area (TPSA) is 175 Å². The number of amides is 1.